The van der Waals surface area contributed by atoms with Crippen molar-refractivity contribution >= 4 is 0 Å². The molecule has 3 heteroatoms. The maximum Gasteiger partial charge on any atom is 0.123 e. The zero-order chi connectivity index (χ0) is 14.4. The van der Waals surface area contributed by atoms with Crippen molar-refractivity contribution in [3.63, 3.8) is 0 Å². The molecule has 0 aromatic heterocycles. The fourth-order valence-electron chi connectivity index (χ4n) is 2.99. The highest BCUT2D eigenvalue weighted by Gasteiger charge is 2.17. The van der Waals surface area contributed by atoms with E-state index < -0.39 is 6.10 Å². The molecule has 0 saturated heterocycles. The van der Waals surface area contributed by atoms with Crippen molar-refractivity contribution in [3.8, 4) is 0 Å². The Bertz CT molecular complexity index is 402. The first kappa shape index (κ1) is 15.5. The summed E-state index contributed by atoms with van der Waals surface area (Å²) in [5.74, 6) is 1.44. The number of halogens is 1. The third-order valence-electron chi connectivity index (χ3n) is 4.44. The minimum absolute atomic E-state index is 0.294. The van der Waals surface area contributed by atoms with Crippen molar-refractivity contribution in [2.45, 2.75) is 45.1 Å². The van der Waals surface area contributed by atoms with Gasteiger partial charge in [-0.05, 0) is 42.5 Å². The molecule has 1 aliphatic carbocycles. The summed E-state index contributed by atoms with van der Waals surface area (Å²) in [5, 5.41) is 13.3. The SMILES string of the molecule is CC1CCC(CCNCC(O)c2cccc(F)c2)CC1. The fourth-order valence-corrected chi connectivity index (χ4v) is 2.99. The molecule has 0 amide bonds. The van der Waals surface area contributed by atoms with Gasteiger partial charge in [0.1, 0.15) is 5.82 Å². The van der Waals surface area contributed by atoms with Gasteiger partial charge in [-0.25, -0.2) is 4.39 Å². The van der Waals surface area contributed by atoms with Gasteiger partial charge in [0.15, 0.2) is 0 Å². The number of nitrogens with one attached hydrogen (secondary N) is 1. The van der Waals surface area contributed by atoms with Crippen LogP contribution in [-0.2, 0) is 0 Å². The van der Waals surface area contributed by atoms with Crippen LogP contribution in [0.3, 0.4) is 0 Å². The highest BCUT2D eigenvalue weighted by atomic mass is 19.1. The molecule has 20 heavy (non-hydrogen) atoms. The smallest absolute Gasteiger partial charge is 0.123 e. The molecule has 2 rings (SSSR count). The lowest BCUT2D eigenvalue weighted by atomic mass is 9.81. The molecule has 0 spiro atoms. The van der Waals surface area contributed by atoms with Gasteiger partial charge in [-0.1, -0.05) is 44.7 Å². The third kappa shape index (κ3) is 4.88. The Balaban J connectivity index is 1.63. The first-order chi connectivity index (χ1) is 9.65. The minimum atomic E-state index is -0.628. The van der Waals surface area contributed by atoms with E-state index >= 15 is 0 Å². The number of benzene rings is 1. The van der Waals surface area contributed by atoms with E-state index in [-0.39, 0.29) is 5.82 Å². The molecule has 2 nitrogen and oxygen atoms in total. The van der Waals surface area contributed by atoms with E-state index in [0.29, 0.717) is 12.1 Å². The van der Waals surface area contributed by atoms with E-state index in [1.807, 2.05) is 0 Å². The Kier molecular flexibility index (Phi) is 5.99. The van der Waals surface area contributed by atoms with E-state index in [1.165, 1.54) is 44.2 Å². The molecule has 0 radical (unpaired) electrons. The summed E-state index contributed by atoms with van der Waals surface area (Å²) >= 11 is 0. The third-order valence-corrected chi connectivity index (χ3v) is 4.44. The number of rotatable bonds is 6. The van der Waals surface area contributed by atoms with Crippen molar-refractivity contribution < 1.29 is 9.50 Å². The highest BCUT2D eigenvalue weighted by molar-refractivity contribution is 5.18. The minimum Gasteiger partial charge on any atom is -0.387 e. The quantitative estimate of drug-likeness (QED) is 0.779. The molecule has 1 saturated carbocycles. The van der Waals surface area contributed by atoms with E-state index in [1.54, 1.807) is 12.1 Å². The van der Waals surface area contributed by atoms with Crippen LogP contribution in [0, 0.1) is 17.7 Å². The summed E-state index contributed by atoms with van der Waals surface area (Å²) in [6.45, 7) is 3.77. The largest absolute Gasteiger partial charge is 0.387 e. The van der Waals surface area contributed by atoms with Crippen LogP contribution in [0.2, 0.25) is 0 Å². The summed E-state index contributed by atoms with van der Waals surface area (Å²) in [6, 6.07) is 6.19. The molecule has 1 aromatic carbocycles. The van der Waals surface area contributed by atoms with Crippen molar-refractivity contribution in [2.24, 2.45) is 11.8 Å². The van der Waals surface area contributed by atoms with E-state index in [2.05, 4.69) is 12.2 Å². The Morgan fingerprint density at radius 2 is 2.05 bits per heavy atom. The molecule has 0 bridgehead atoms. The van der Waals surface area contributed by atoms with Gasteiger partial charge in [0, 0.05) is 6.54 Å². The molecule has 1 aliphatic rings. The Morgan fingerprint density at radius 3 is 2.75 bits per heavy atom. The molecular formula is C17H26FNO. The molecule has 2 N–H and O–H groups in total. The first-order valence-corrected chi connectivity index (χ1v) is 7.79. The average molecular weight is 279 g/mol. The second-order valence-corrected chi connectivity index (χ2v) is 6.19. The normalized spacial score (nSPS) is 24.6. The number of hydrogen-bond acceptors (Lipinski definition) is 2. The van der Waals surface area contributed by atoms with Crippen LogP contribution in [0.4, 0.5) is 4.39 Å². The lowest BCUT2D eigenvalue weighted by Crippen LogP contribution is -2.25. The zero-order valence-electron chi connectivity index (χ0n) is 12.3. The number of aliphatic hydroxyl groups excluding tert-OH is 1. The molecule has 1 unspecified atom stereocenters. The maximum absolute atomic E-state index is 13.1. The molecule has 112 valence electrons. The fraction of sp³-hybridized carbons (Fsp3) is 0.647. The van der Waals surface area contributed by atoms with Gasteiger partial charge in [0.05, 0.1) is 6.10 Å². The van der Waals surface area contributed by atoms with Gasteiger partial charge in [-0.15, -0.1) is 0 Å². The van der Waals surface area contributed by atoms with Crippen LogP contribution in [-0.4, -0.2) is 18.2 Å². The Morgan fingerprint density at radius 1 is 1.30 bits per heavy atom. The predicted molar refractivity (Wildman–Crippen MR) is 80.0 cm³/mol. The van der Waals surface area contributed by atoms with Crippen LogP contribution in [0.1, 0.15) is 50.7 Å². The van der Waals surface area contributed by atoms with E-state index in [4.69, 9.17) is 0 Å². The number of hydrogen-bond donors (Lipinski definition) is 2. The molecule has 0 heterocycles. The van der Waals surface area contributed by atoms with E-state index in [0.717, 1.165) is 18.4 Å². The van der Waals surface area contributed by atoms with Crippen LogP contribution < -0.4 is 5.32 Å². The number of aliphatic hydroxyl groups is 1. The van der Waals surface area contributed by atoms with Gasteiger partial charge >= 0.3 is 0 Å². The second kappa shape index (κ2) is 7.75. The molecule has 1 aromatic rings. The standard InChI is InChI=1S/C17H26FNO/c1-13-5-7-14(8-6-13)9-10-19-12-17(20)15-3-2-4-16(18)11-15/h2-4,11,13-14,17,19-20H,5-10,12H2,1H3. The van der Waals surface area contributed by atoms with E-state index in [9.17, 15) is 9.50 Å². The van der Waals surface area contributed by atoms with Crippen molar-refractivity contribution in [2.75, 3.05) is 13.1 Å². The van der Waals surface area contributed by atoms with Gasteiger partial charge in [0.25, 0.3) is 0 Å². The molecule has 1 fully saturated rings. The lowest BCUT2D eigenvalue weighted by molar-refractivity contribution is 0.172. The van der Waals surface area contributed by atoms with Crippen molar-refractivity contribution in [1.82, 2.24) is 5.32 Å². The molecular weight excluding hydrogens is 253 g/mol. The predicted octanol–water partition coefficient (Wildman–Crippen LogP) is 3.67. The van der Waals surface area contributed by atoms with Crippen LogP contribution in [0.5, 0.6) is 0 Å². The Labute approximate surface area is 121 Å². The summed E-state index contributed by atoms with van der Waals surface area (Å²) in [5.41, 5.74) is 0.643. The van der Waals surface area contributed by atoms with Gasteiger partial charge in [0.2, 0.25) is 0 Å². The topological polar surface area (TPSA) is 32.3 Å². The van der Waals surface area contributed by atoms with Gasteiger partial charge in [-0.2, -0.15) is 0 Å². The highest BCUT2D eigenvalue weighted by Crippen LogP contribution is 2.29. The molecule has 1 atom stereocenters. The van der Waals surface area contributed by atoms with Gasteiger partial charge in [-0.3, -0.25) is 0 Å². The van der Waals surface area contributed by atoms with Crippen molar-refractivity contribution in [1.29, 1.82) is 0 Å². The summed E-state index contributed by atoms with van der Waals surface area (Å²) in [6.07, 6.45) is 5.96. The first-order valence-electron chi connectivity index (χ1n) is 7.79. The van der Waals surface area contributed by atoms with Crippen LogP contribution >= 0.6 is 0 Å². The zero-order valence-corrected chi connectivity index (χ0v) is 12.3. The maximum atomic E-state index is 13.1. The van der Waals surface area contributed by atoms with Crippen molar-refractivity contribution in [3.05, 3.63) is 35.6 Å². The Hall–Kier alpha value is -0.930. The van der Waals surface area contributed by atoms with Gasteiger partial charge < -0.3 is 10.4 Å². The monoisotopic (exact) mass is 279 g/mol. The van der Waals surface area contributed by atoms with Crippen LogP contribution in [0.15, 0.2) is 24.3 Å². The summed E-state index contributed by atoms with van der Waals surface area (Å²) < 4.78 is 13.1. The summed E-state index contributed by atoms with van der Waals surface area (Å²) in [4.78, 5) is 0. The molecule has 0 aliphatic heterocycles. The lowest BCUT2D eigenvalue weighted by Gasteiger charge is -2.26. The summed E-state index contributed by atoms with van der Waals surface area (Å²) in [7, 11) is 0. The second-order valence-electron chi connectivity index (χ2n) is 6.19. The van der Waals surface area contributed by atoms with Crippen LogP contribution in [0.25, 0.3) is 0 Å². The average Bonchev–Trinajstić information content (AvgIpc) is 2.45.